The van der Waals surface area contributed by atoms with Gasteiger partial charge in [0.2, 0.25) is 0 Å². The largest absolute Gasteiger partial charge is 0.495 e. The number of amides is 2. The van der Waals surface area contributed by atoms with Crippen LogP contribution < -0.4 is 20.3 Å². The lowest BCUT2D eigenvalue weighted by atomic mass is 10.2. The van der Waals surface area contributed by atoms with Crippen molar-refractivity contribution in [3.05, 3.63) is 47.5 Å². The summed E-state index contributed by atoms with van der Waals surface area (Å²) in [5.41, 5.74) is 2.36. The summed E-state index contributed by atoms with van der Waals surface area (Å²) < 4.78 is 5.21. The first kappa shape index (κ1) is 17.9. The molecule has 0 aromatic heterocycles. The van der Waals surface area contributed by atoms with E-state index in [4.69, 9.17) is 16.3 Å². The van der Waals surface area contributed by atoms with Gasteiger partial charge in [0, 0.05) is 29.5 Å². The number of anilines is 3. The predicted octanol–water partition coefficient (Wildman–Crippen LogP) is 4.84. The minimum atomic E-state index is -0.355. The van der Waals surface area contributed by atoms with E-state index in [9.17, 15) is 4.79 Å². The number of carbonyl (C=O) groups excluding carboxylic acids is 1. The fourth-order valence-electron chi connectivity index (χ4n) is 2.41. The minimum absolute atomic E-state index is 0.355. The first-order valence-corrected chi connectivity index (χ1v) is 8.21. The zero-order valence-corrected chi connectivity index (χ0v) is 14.9. The summed E-state index contributed by atoms with van der Waals surface area (Å²) in [6.07, 6.45) is 0. The van der Waals surface area contributed by atoms with Crippen LogP contribution in [-0.2, 0) is 0 Å². The molecule has 2 rings (SSSR count). The Labute approximate surface area is 147 Å². The maximum Gasteiger partial charge on any atom is 0.323 e. The van der Waals surface area contributed by atoms with Gasteiger partial charge in [0.25, 0.3) is 0 Å². The van der Waals surface area contributed by atoms with E-state index >= 15 is 0 Å². The van der Waals surface area contributed by atoms with Crippen molar-refractivity contribution in [2.45, 2.75) is 13.8 Å². The van der Waals surface area contributed by atoms with Crippen LogP contribution in [0.25, 0.3) is 0 Å². The summed E-state index contributed by atoms with van der Waals surface area (Å²) in [4.78, 5) is 14.4. The fraction of sp³-hybridized carbons (Fsp3) is 0.278. The summed E-state index contributed by atoms with van der Waals surface area (Å²) in [7, 11) is 1.54. The molecule has 128 valence electrons. The van der Waals surface area contributed by atoms with E-state index in [1.54, 1.807) is 18.2 Å². The lowest BCUT2D eigenvalue weighted by Gasteiger charge is -2.21. The standard InChI is InChI=1S/C18H22ClN3O2/c1-4-22(5-2)15-9-7-14(8-10-15)20-18(23)21-16-12-13(19)6-11-17(16)24-3/h6-12H,4-5H2,1-3H3,(H2,20,21,23). The quantitative estimate of drug-likeness (QED) is 0.786. The van der Waals surface area contributed by atoms with Crippen LogP contribution in [0, 0.1) is 0 Å². The number of urea groups is 1. The third-order valence-corrected chi connectivity index (χ3v) is 3.90. The topological polar surface area (TPSA) is 53.6 Å². The molecule has 0 radical (unpaired) electrons. The lowest BCUT2D eigenvalue weighted by molar-refractivity contribution is 0.262. The highest BCUT2D eigenvalue weighted by Gasteiger charge is 2.09. The van der Waals surface area contributed by atoms with Crippen molar-refractivity contribution >= 4 is 34.7 Å². The van der Waals surface area contributed by atoms with Crippen LogP contribution in [0.2, 0.25) is 5.02 Å². The molecule has 2 aromatic rings. The molecule has 5 nitrogen and oxygen atoms in total. The number of hydrogen-bond acceptors (Lipinski definition) is 3. The van der Waals surface area contributed by atoms with E-state index in [1.807, 2.05) is 24.3 Å². The highest BCUT2D eigenvalue weighted by molar-refractivity contribution is 6.31. The number of benzene rings is 2. The molecule has 0 aliphatic rings. The van der Waals surface area contributed by atoms with Crippen LogP contribution in [0.15, 0.2) is 42.5 Å². The third kappa shape index (κ3) is 4.55. The van der Waals surface area contributed by atoms with E-state index in [1.165, 1.54) is 7.11 Å². The monoisotopic (exact) mass is 347 g/mol. The molecule has 2 amide bonds. The number of ether oxygens (including phenoxy) is 1. The van der Waals surface area contributed by atoms with Crippen molar-refractivity contribution in [3.63, 3.8) is 0 Å². The van der Waals surface area contributed by atoms with Crippen LogP contribution >= 0.6 is 11.6 Å². The Balaban J connectivity index is 2.04. The van der Waals surface area contributed by atoms with Gasteiger partial charge in [-0.15, -0.1) is 0 Å². The Morgan fingerprint density at radius 2 is 1.75 bits per heavy atom. The average molecular weight is 348 g/mol. The second-order valence-electron chi connectivity index (χ2n) is 5.14. The maximum atomic E-state index is 12.2. The average Bonchev–Trinajstić information content (AvgIpc) is 2.57. The molecule has 0 heterocycles. The first-order chi connectivity index (χ1) is 11.6. The van der Waals surface area contributed by atoms with E-state index < -0.39 is 0 Å². The van der Waals surface area contributed by atoms with Gasteiger partial charge in [0.05, 0.1) is 12.8 Å². The number of halogens is 1. The van der Waals surface area contributed by atoms with Gasteiger partial charge < -0.3 is 20.3 Å². The molecule has 0 saturated carbocycles. The summed E-state index contributed by atoms with van der Waals surface area (Å²) in [5.74, 6) is 0.548. The molecule has 0 atom stereocenters. The van der Waals surface area contributed by atoms with Crippen molar-refractivity contribution in [3.8, 4) is 5.75 Å². The molecule has 24 heavy (non-hydrogen) atoms. The second kappa shape index (κ2) is 8.45. The van der Waals surface area contributed by atoms with Gasteiger partial charge in [-0.05, 0) is 56.3 Å². The van der Waals surface area contributed by atoms with Crippen molar-refractivity contribution in [1.29, 1.82) is 0 Å². The Hall–Kier alpha value is -2.40. The van der Waals surface area contributed by atoms with Crippen molar-refractivity contribution < 1.29 is 9.53 Å². The number of nitrogens with one attached hydrogen (secondary N) is 2. The molecular weight excluding hydrogens is 326 g/mol. The first-order valence-electron chi connectivity index (χ1n) is 7.84. The van der Waals surface area contributed by atoms with Gasteiger partial charge in [0.1, 0.15) is 5.75 Å². The molecule has 0 aliphatic heterocycles. The second-order valence-corrected chi connectivity index (χ2v) is 5.58. The molecule has 2 aromatic carbocycles. The number of rotatable bonds is 6. The van der Waals surface area contributed by atoms with Crippen molar-refractivity contribution in [1.82, 2.24) is 0 Å². The zero-order valence-electron chi connectivity index (χ0n) is 14.1. The summed E-state index contributed by atoms with van der Waals surface area (Å²) in [5, 5.41) is 6.06. The summed E-state index contributed by atoms with van der Waals surface area (Å²) in [6.45, 7) is 6.11. The molecule has 6 heteroatoms. The van der Waals surface area contributed by atoms with E-state index in [0.717, 1.165) is 18.8 Å². The Bertz CT molecular complexity index is 685. The Morgan fingerprint density at radius 3 is 2.33 bits per heavy atom. The van der Waals surface area contributed by atoms with E-state index in [2.05, 4.69) is 29.4 Å². The van der Waals surface area contributed by atoms with Gasteiger partial charge in [0.15, 0.2) is 0 Å². The third-order valence-electron chi connectivity index (χ3n) is 3.66. The lowest BCUT2D eigenvalue weighted by Crippen LogP contribution is -2.22. The molecule has 0 aliphatic carbocycles. The van der Waals surface area contributed by atoms with Gasteiger partial charge in [-0.1, -0.05) is 11.6 Å². The van der Waals surface area contributed by atoms with Crippen molar-refractivity contribution in [2.75, 3.05) is 35.7 Å². The minimum Gasteiger partial charge on any atom is -0.495 e. The molecule has 0 spiro atoms. The fourth-order valence-corrected chi connectivity index (χ4v) is 2.58. The number of hydrogen-bond donors (Lipinski definition) is 2. The molecule has 0 unspecified atom stereocenters. The summed E-state index contributed by atoms with van der Waals surface area (Å²) in [6, 6.07) is 12.4. The molecule has 0 saturated heterocycles. The van der Waals surface area contributed by atoms with Gasteiger partial charge in [-0.2, -0.15) is 0 Å². The summed E-state index contributed by atoms with van der Waals surface area (Å²) >= 11 is 5.96. The molecule has 2 N–H and O–H groups in total. The highest BCUT2D eigenvalue weighted by Crippen LogP contribution is 2.27. The number of nitrogens with zero attached hydrogens (tertiary/aromatic N) is 1. The van der Waals surface area contributed by atoms with Crippen LogP contribution in [0.5, 0.6) is 5.75 Å². The van der Waals surface area contributed by atoms with Crippen LogP contribution in [0.4, 0.5) is 21.9 Å². The van der Waals surface area contributed by atoms with Crippen LogP contribution in [0.3, 0.4) is 0 Å². The maximum absolute atomic E-state index is 12.2. The van der Waals surface area contributed by atoms with E-state index in [0.29, 0.717) is 22.1 Å². The van der Waals surface area contributed by atoms with E-state index in [-0.39, 0.29) is 6.03 Å². The predicted molar refractivity (Wildman–Crippen MR) is 101 cm³/mol. The van der Waals surface area contributed by atoms with Gasteiger partial charge in [-0.25, -0.2) is 4.79 Å². The number of methoxy groups -OCH3 is 1. The Morgan fingerprint density at radius 1 is 1.08 bits per heavy atom. The van der Waals surface area contributed by atoms with Crippen LogP contribution in [0.1, 0.15) is 13.8 Å². The molecule has 0 fully saturated rings. The van der Waals surface area contributed by atoms with Gasteiger partial charge in [-0.3, -0.25) is 0 Å². The van der Waals surface area contributed by atoms with Crippen LogP contribution in [-0.4, -0.2) is 26.2 Å². The molecule has 0 bridgehead atoms. The van der Waals surface area contributed by atoms with Crippen molar-refractivity contribution in [2.24, 2.45) is 0 Å². The normalized spacial score (nSPS) is 10.2. The zero-order chi connectivity index (χ0) is 17.5. The molecular formula is C18H22ClN3O2. The SMILES string of the molecule is CCN(CC)c1ccc(NC(=O)Nc2cc(Cl)ccc2OC)cc1. The number of carbonyl (C=O) groups is 1. The highest BCUT2D eigenvalue weighted by atomic mass is 35.5. The Kier molecular flexibility index (Phi) is 6.32. The van der Waals surface area contributed by atoms with Gasteiger partial charge >= 0.3 is 6.03 Å². The smallest absolute Gasteiger partial charge is 0.323 e.